The molecular weight excluding hydrogens is 252 g/mol. The first-order valence-electron chi connectivity index (χ1n) is 5.46. The summed E-state index contributed by atoms with van der Waals surface area (Å²) in [6.45, 7) is 6.73. The number of carbonyl (C=O) groups excluding carboxylic acids is 1. The predicted molar refractivity (Wildman–Crippen MR) is 68.1 cm³/mol. The minimum Gasteiger partial charge on any atom is -0.458 e. The van der Waals surface area contributed by atoms with Crippen molar-refractivity contribution in [2.45, 2.75) is 38.7 Å². The Balaban J connectivity index is 3.10. The molecule has 0 saturated heterocycles. The molecule has 0 N–H and O–H groups in total. The van der Waals surface area contributed by atoms with E-state index >= 15 is 0 Å². The standard InChI is InChI=1S/C13H15ClN2O2/c1-12(2,3)18-11(17)13(4,8-15)10-6-5-9(14)7-16-10/h5-7H,1-4H3. The largest absolute Gasteiger partial charge is 0.458 e. The normalized spacial score (nSPS) is 14.4. The summed E-state index contributed by atoms with van der Waals surface area (Å²) in [5.41, 5.74) is -1.76. The van der Waals surface area contributed by atoms with Crippen molar-refractivity contribution in [3.05, 3.63) is 29.0 Å². The highest BCUT2D eigenvalue weighted by molar-refractivity contribution is 6.30. The van der Waals surface area contributed by atoms with E-state index in [0.717, 1.165) is 0 Å². The van der Waals surface area contributed by atoms with Gasteiger partial charge in [-0.25, -0.2) is 4.79 Å². The molecule has 96 valence electrons. The van der Waals surface area contributed by atoms with Crippen LogP contribution in [0.1, 0.15) is 33.4 Å². The summed E-state index contributed by atoms with van der Waals surface area (Å²) in [7, 11) is 0. The maximum Gasteiger partial charge on any atom is 0.332 e. The van der Waals surface area contributed by atoms with Crippen LogP contribution in [0.2, 0.25) is 5.02 Å². The number of nitriles is 1. The van der Waals surface area contributed by atoms with E-state index in [1.54, 1.807) is 32.9 Å². The Hall–Kier alpha value is -1.60. The highest BCUT2D eigenvalue weighted by Gasteiger charge is 2.40. The lowest BCUT2D eigenvalue weighted by Crippen LogP contribution is -2.38. The number of hydrogen-bond donors (Lipinski definition) is 0. The molecule has 0 radical (unpaired) electrons. The van der Waals surface area contributed by atoms with Crippen molar-refractivity contribution in [3.8, 4) is 6.07 Å². The van der Waals surface area contributed by atoms with E-state index in [-0.39, 0.29) is 0 Å². The SMILES string of the molecule is CC(C)(C)OC(=O)C(C)(C#N)c1ccc(Cl)cn1. The van der Waals surface area contributed by atoms with Crippen LogP contribution in [0, 0.1) is 11.3 Å². The summed E-state index contributed by atoms with van der Waals surface area (Å²) in [6.07, 6.45) is 1.40. The molecule has 0 amide bonds. The van der Waals surface area contributed by atoms with E-state index in [2.05, 4.69) is 4.98 Å². The van der Waals surface area contributed by atoms with E-state index in [1.807, 2.05) is 6.07 Å². The second-order valence-corrected chi connectivity index (χ2v) is 5.54. The lowest BCUT2D eigenvalue weighted by atomic mass is 9.88. The van der Waals surface area contributed by atoms with Crippen LogP contribution in [0.3, 0.4) is 0 Å². The maximum atomic E-state index is 12.1. The van der Waals surface area contributed by atoms with Crippen LogP contribution in [-0.2, 0) is 14.9 Å². The van der Waals surface area contributed by atoms with E-state index in [1.165, 1.54) is 13.1 Å². The number of rotatable bonds is 2. The van der Waals surface area contributed by atoms with Gasteiger partial charge in [-0.2, -0.15) is 5.26 Å². The second-order valence-electron chi connectivity index (χ2n) is 5.10. The molecule has 0 spiro atoms. The number of nitrogens with zero attached hydrogens (tertiary/aromatic N) is 2. The minimum atomic E-state index is -1.43. The second kappa shape index (κ2) is 4.95. The van der Waals surface area contributed by atoms with Gasteiger partial charge in [-0.05, 0) is 39.8 Å². The fraction of sp³-hybridized carbons (Fsp3) is 0.462. The van der Waals surface area contributed by atoms with Crippen LogP contribution in [0.5, 0.6) is 0 Å². The van der Waals surface area contributed by atoms with Crippen LogP contribution in [-0.4, -0.2) is 16.6 Å². The highest BCUT2D eigenvalue weighted by atomic mass is 35.5. The fourth-order valence-corrected chi connectivity index (χ4v) is 1.37. The van der Waals surface area contributed by atoms with Gasteiger partial charge in [-0.1, -0.05) is 11.6 Å². The lowest BCUT2D eigenvalue weighted by Gasteiger charge is -2.26. The zero-order chi connectivity index (χ0) is 14.0. The maximum absolute atomic E-state index is 12.1. The van der Waals surface area contributed by atoms with Crippen LogP contribution < -0.4 is 0 Å². The number of aromatic nitrogens is 1. The average Bonchev–Trinajstić information content (AvgIpc) is 2.26. The summed E-state index contributed by atoms with van der Waals surface area (Å²) in [6, 6.07) is 5.09. The number of hydrogen-bond acceptors (Lipinski definition) is 4. The predicted octanol–water partition coefficient (Wildman–Crippen LogP) is 2.86. The van der Waals surface area contributed by atoms with Crippen LogP contribution in [0.15, 0.2) is 18.3 Å². The zero-order valence-electron chi connectivity index (χ0n) is 10.8. The Bertz CT molecular complexity index is 485. The molecule has 0 aliphatic heterocycles. The number of halogens is 1. The van der Waals surface area contributed by atoms with Gasteiger partial charge in [0.15, 0.2) is 5.41 Å². The Morgan fingerprint density at radius 2 is 2.00 bits per heavy atom. The molecule has 1 rings (SSSR count). The average molecular weight is 267 g/mol. The van der Waals surface area contributed by atoms with Crippen molar-refractivity contribution in [2.24, 2.45) is 0 Å². The molecule has 0 aromatic carbocycles. The first-order chi connectivity index (χ1) is 8.19. The topological polar surface area (TPSA) is 63.0 Å². The number of pyridine rings is 1. The fourth-order valence-electron chi connectivity index (χ4n) is 1.26. The summed E-state index contributed by atoms with van der Waals surface area (Å²) in [4.78, 5) is 16.1. The molecule has 0 fully saturated rings. The van der Waals surface area contributed by atoms with Crippen molar-refractivity contribution in [1.82, 2.24) is 4.98 Å². The van der Waals surface area contributed by atoms with Gasteiger partial charge in [-0.3, -0.25) is 4.98 Å². The van der Waals surface area contributed by atoms with Gasteiger partial charge in [0.1, 0.15) is 5.60 Å². The lowest BCUT2D eigenvalue weighted by molar-refractivity contribution is -0.159. The van der Waals surface area contributed by atoms with Crippen LogP contribution in [0.25, 0.3) is 0 Å². The van der Waals surface area contributed by atoms with E-state index in [4.69, 9.17) is 16.3 Å². The van der Waals surface area contributed by atoms with Crippen molar-refractivity contribution in [2.75, 3.05) is 0 Å². The van der Waals surface area contributed by atoms with Gasteiger partial charge in [0.2, 0.25) is 0 Å². The summed E-state index contributed by atoms with van der Waals surface area (Å²) >= 11 is 5.73. The molecule has 1 heterocycles. The third kappa shape index (κ3) is 3.21. The zero-order valence-corrected chi connectivity index (χ0v) is 11.6. The first-order valence-corrected chi connectivity index (χ1v) is 5.83. The molecule has 0 aliphatic carbocycles. The summed E-state index contributed by atoms with van der Waals surface area (Å²) < 4.78 is 5.24. The Kier molecular flexibility index (Phi) is 3.98. The number of carbonyl (C=O) groups is 1. The third-order valence-corrected chi connectivity index (χ3v) is 2.49. The monoisotopic (exact) mass is 266 g/mol. The van der Waals surface area contributed by atoms with Gasteiger partial charge in [0.25, 0.3) is 0 Å². The molecular formula is C13H15ClN2O2. The van der Waals surface area contributed by atoms with Crippen molar-refractivity contribution in [3.63, 3.8) is 0 Å². The third-order valence-electron chi connectivity index (χ3n) is 2.27. The molecule has 0 aliphatic rings. The van der Waals surface area contributed by atoms with E-state index in [0.29, 0.717) is 10.7 Å². The molecule has 1 aromatic rings. The van der Waals surface area contributed by atoms with Gasteiger partial charge in [0, 0.05) is 6.20 Å². The van der Waals surface area contributed by atoms with Crippen molar-refractivity contribution < 1.29 is 9.53 Å². The Morgan fingerprint density at radius 1 is 1.39 bits per heavy atom. The van der Waals surface area contributed by atoms with Gasteiger partial charge in [-0.15, -0.1) is 0 Å². The van der Waals surface area contributed by atoms with Gasteiger partial charge >= 0.3 is 5.97 Å². The van der Waals surface area contributed by atoms with Crippen LogP contribution in [0.4, 0.5) is 0 Å². The Morgan fingerprint density at radius 3 is 2.39 bits per heavy atom. The smallest absolute Gasteiger partial charge is 0.332 e. The molecule has 0 bridgehead atoms. The van der Waals surface area contributed by atoms with E-state index < -0.39 is 17.0 Å². The van der Waals surface area contributed by atoms with E-state index in [9.17, 15) is 10.1 Å². The Labute approximate surface area is 112 Å². The van der Waals surface area contributed by atoms with Gasteiger partial charge < -0.3 is 4.74 Å². The molecule has 0 saturated carbocycles. The summed E-state index contributed by atoms with van der Waals surface area (Å²) in [5, 5.41) is 9.70. The number of ether oxygens (including phenoxy) is 1. The van der Waals surface area contributed by atoms with Gasteiger partial charge in [0.05, 0.1) is 16.8 Å². The van der Waals surface area contributed by atoms with Crippen molar-refractivity contribution in [1.29, 1.82) is 5.26 Å². The molecule has 18 heavy (non-hydrogen) atoms. The summed E-state index contributed by atoms with van der Waals surface area (Å²) in [5.74, 6) is -0.618. The molecule has 1 atom stereocenters. The van der Waals surface area contributed by atoms with Crippen molar-refractivity contribution >= 4 is 17.6 Å². The molecule has 4 nitrogen and oxygen atoms in total. The molecule has 5 heteroatoms. The molecule has 1 unspecified atom stereocenters. The van der Waals surface area contributed by atoms with Crippen LogP contribution >= 0.6 is 11.6 Å². The minimum absolute atomic E-state index is 0.323. The number of esters is 1. The first kappa shape index (κ1) is 14.5. The molecule has 1 aromatic heterocycles. The quantitative estimate of drug-likeness (QED) is 0.772. The highest BCUT2D eigenvalue weighted by Crippen LogP contribution is 2.26.